The summed E-state index contributed by atoms with van der Waals surface area (Å²) in [5, 5.41) is 0. The molecule has 0 rings (SSSR count). The number of hydrogen-bond acceptors (Lipinski definition) is 0. The summed E-state index contributed by atoms with van der Waals surface area (Å²) in [6, 6.07) is 0. The Morgan fingerprint density at radius 1 is 1.25 bits per heavy atom. The Kier molecular flexibility index (Phi) is 19.9. The van der Waals surface area contributed by atoms with E-state index in [-0.39, 0.29) is 5.48 Å². The van der Waals surface area contributed by atoms with Crippen LogP contribution in [0.2, 0.25) is 0 Å². The van der Waals surface area contributed by atoms with Gasteiger partial charge in [0.1, 0.15) is 0 Å². The van der Waals surface area contributed by atoms with Crippen molar-refractivity contribution in [3.05, 3.63) is 0 Å². The van der Waals surface area contributed by atoms with Crippen LogP contribution >= 0.6 is 18.1 Å². The van der Waals surface area contributed by atoms with E-state index in [2.05, 4.69) is 0 Å². The van der Waals surface area contributed by atoms with Crippen LogP contribution in [0.3, 0.4) is 0 Å². The molecule has 0 atom stereocenters. The Labute approximate surface area is 41.9 Å². The van der Waals surface area contributed by atoms with Crippen LogP contribution in [-0.2, 0) is 0 Å². The molecule has 0 aliphatic rings. The largest absolute Gasteiger partial charge is 0.618 e. The van der Waals surface area contributed by atoms with E-state index in [1.165, 1.54) is 0 Å². The summed E-state index contributed by atoms with van der Waals surface area (Å²) in [6.07, 6.45) is 0. The summed E-state index contributed by atoms with van der Waals surface area (Å²) >= 11 is -0.639. The predicted molar refractivity (Wildman–Crippen MR) is 21.1 cm³/mol. The van der Waals surface area contributed by atoms with E-state index in [4.69, 9.17) is 18.1 Å². The maximum Gasteiger partial charge on any atom is 0.618 e. The molecule has 4 heavy (non-hydrogen) atoms. The van der Waals surface area contributed by atoms with Gasteiger partial charge in [-0.2, -0.15) is 0 Å². The fourth-order valence-corrected chi connectivity index (χ4v) is 0. The van der Waals surface area contributed by atoms with E-state index in [1.54, 1.807) is 0 Å². The van der Waals surface area contributed by atoms with E-state index in [0.29, 0.717) is 0 Å². The molecule has 0 aromatic carbocycles. The van der Waals surface area contributed by atoms with Crippen LogP contribution in [0, 0.1) is 0 Å². The lowest BCUT2D eigenvalue weighted by molar-refractivity contribution is 0.824. The average Bonchev–Trinajstić information content (AvgIpc) is 0.918. The number of hydrogen-bond donors (Lipinski definition) is 0. The molecule has 0 saturated heterocycles. The van der Waals surface area contributed by atoms with Crippen molar-refractivity contribution in [2.45, 2.75) is 0 Å². The van der Waals surface area contributed by atoms with Gasteiger partial charge in [-0.1, -0.05) is 0 Å². The minimum absolute atomic E-state index is 0. The molecule has 0 unspecified atom stereocenters. The van der Waals surface area contributed by atoms with Gasteiger partial charge in [-0.25, -0.2) is 0 Å². The van der Waals surface area contributed by atoms with Gasteiger partial charge >= 0.3 is 18.2 Å². The molecule has 0 aliphatic heterocycles. The lowest BCUT2D eigenvalue weighted by Crippen LogP contribution is -1.36. The first kappa shape index (κ1) is 9.00. The Morgan fingerprint density at radius 2 is 1.25 bits per heavy atom. The Morgan fingerprint density at radius 3 is 1.25 bits per heavy atom. The maximum atomic E-state index is 4.90. The minimum Gasteiger partial charge on any atom is -0.412 e. The van der Waals surface area contributed by atoms with Gasteiger partial charge in [-0.3, -0.25) is 0 Å². The lowest BCUT2D eigenvalue weighted by Gasteiger charge is -1.33. The zero-order valence-electron chi connectivity index (χ0n) is 1.96. The zero-order chi connectivity index (χ0) is 2.71. The molecule has 0 aromatic heterocycles. The third kappa shape index (κ3) is 10.3. The molecule has 0 aliphatic carbocycles. The lowest BCUT2D eigenvalue weighted by atomic mass is 16.0. The van der Waals surface area contributed by atoms with Crippen molar-refractivity contribution in [1.29, 1.82) is 0 Å². The van der Waals surface area contributed by atoms with Gasteiger partial charge in [-0.15, -0.1) is 0 Å². The molecule has 0 amide bonds. The second-order valence-electron chi connectivity index (χ2n) is 0.101. The summed E-state index contributed by atoms with van der Waals surface area (Å²) < 4.78 is 0. The molecule has 0 radical (unpaired) electrons. The van der Waals surface area contributed by atoms with Crippen molar-refractivity contribution in [3.63, 3.8) is 0 Å². The molecular formula is H2Cl2MgO. The van der Waals surface area contributed by atoms with Crippen LogP contribution in [0.5, 0.6) is 0 Å². The molecule has 0 fully saturated rings. The monoisotopic (exact) mass is 112 g/mol. The SMILES string of the molecule is O.[Cl][Mg][Cl]. The topological polar surface area (TPSA) is 31.5 Å². The quantitative estimate of drug-likeness (QED) is 0.401. The van der Waals surface area contributed by atoms with Crippen molar-refractivity contribution >= 4 is 36.3 Å². The maximum absolute atomic E-state index is 4.90. The van der Waals surface area contributed by atoms with Crippen LogP contribution in [-0.4, -0.2) is 23.6 Å². The van der Waals surface area contributed by atoms with Gasteiger partial charge in [0.15, 0.2) is 0 Å². The summed E-state index contributed by atoms with van der Waals surface area (Å²) in [7, 11) is 9.81. The molecule has 1 nitrogen and oxygen atoms in total. The number of halogens is 2. The zero-order valence-corrected chi connectivity index (χ0v) is 4.89. The van der Waals surface area contributed by atoms with E-state index >= 15 is 0 Å². The Balaban J connectivity index is 0. The van der Waals surface area contributed by atoms with Gasteiger partial charge in [0.25, 0.3) is 0 Å². The first-order valence-corrected chi connectivity index (χ1v) is 4.81. The second kappa shape index (κ2) is 8.85. The normalized spacial score (nSPS) is 2.50. The second-order valence-corrected chi connectivity index (χ2v) is 2.73. The van der Waals surface area contributed by atoms with Crippen molar-refractivity contribution < 1.29 is 5.48 Å². The van der Waals surface area contributed by atoms with E-state index < -0.39 is 18.2 Å². The van der Waals surface area contributed by atoms with Gasteiger partial charge in [0.2, 0.25) is 0 Å². The smallest absolute Gasteiger partial charge is 0.412 e. The van der Waals surface area contributed by atoms with Crippen molar-refractivity contribution in [2.75, 3.05) is 0 Å². The molecule has 0 saturated carbocycles. The average molecular weight is 113 g/mol. The standard InChI is InChI=1S/2ClH.Mg.H2O/h2*1H;;1H2/q;;+2;/p-2. The third-order valence-corrected chi connectivity index (χ3v) is 0. The summed E-state index contributed by atoms with van der Waals surface area (Å²) in [5.74, 6) is 0. The minimum atomic E-state index is -0.639. The van der Waals surface area contributed by atoms with E-state index in [0.717, 1.165) is 0 Å². The molecule has 24 valence electrons. The van der Waals surface area contributed by atoms with Crippen LogP contribution in [0.15, 0.2) is 0 Å². The molecular weight excluding hydrogens is 111 g/mol. The van der Waals surface area contributed by atoms with Crippen LogP contribution in [0.4, 0.5) is 0 Å². The van der Waals surface area contributed by atoms with E-state index in [9.17, 15) is 0 Å². The Hall–Kier alpha value is 1.31. The Bertz CT molecular complexity index is 6.00. The third-order valence-electron chi connectivity index (χ3n) is 0. The van der Waals surface area contributed by atoms with Gasteiger partial charge in [0.05, 0.1) is 0 Å². The highest BCUT2D eigenvalue weighted by atomic mass is 35.6. The molecule has 2 N–H and O–H groups in total. The van der Waals surface area contributed by atoms with Gasteiger partial charge < -0.3 is 23.6 Å². The van der Waals surface area contributed by atoms with Crippen LogP contribution < -0.4 is 0 Å². The van der Waals surface area contributed by atoms with Crippen LogP contribution in [0.25, 0.3) is 0 Å². The van der Waals surface area contributed by atoms with Crippen molar-refractivity contribution in [3.8, 4) is 0 Å². The highest BCUT2D eigenvalue weighted by Gasteiger charge is 1.64. The predicted octanol–water partition coefficient (Wildman–Crippen LogP) is 0.173. The molecule has 0 aromatic rings. The fourth-order valence-electron chi connectivity index (χ4n) is 0. The number of rotatable bonds is 0. The van der Waals surface area contributed by atoms with Gasteiger partial charge in [-0.05, 0) is 0 Å². The van der Waals surface area contributed by atoms with Crippen molar-refractivity contribution in [1.82, 2.24) is 0 Å². The summed E-state index contributed by atoms with van der Waals surface area (Å²) in [6.45, 7) is 0. The van der Waals surface area contributed by atoms with E-state index in [1.807, 2.05) is 0 Å². The first-order chi connectivity index (χ1) is 1.41. The van der Waals surface area contributed by atoms with Crippen LogP contribution in [0.1, 0.15) is 0 Å². The molecule has 4 heteroatoms. The first-order valence-electron chi connectivity index (χ1n) is 0.535. The highest BCUT2D eigenvalue weighted by Crippen LogP contribution is 1.67. The fraction of sp³-hybridized carbons (Fsp3) is 0. The summed E-state index contributed by atoms with van der Waals surface area (Å²) in [4.78, 5) is 0. The highest BCUT2D eigenvalue weighted by molar-refractivity contribution is 7.22. The molecule has 0 heterocycles. The molecule has 0 bridgehead atoms. The summed E-state index contributed by atoms with van der Waals surface area (Å²) in [5.41, 5.74) is 0. The molecule has 0 spiro atoms. The van der Waals surface area contributed by atoms with Crippen molar-refractivity contribution in [2.24, 2.45) is 0 Å². The van der Waals surface area contributed by atoms with Gasteiger partial charge in [0, 0.05) is 0 Å².